The van der Waals surface area contributed by atoms with Gasteiger partial charge >= 0.3 is 0 Å². The Labute approximate surface area is 555 Å². The zero-order chi connectivity index (χ0) is 71.3. The van der Waals surface area contributed by atoms with Crippen LogP contribution in [0.1, 0.15) is 104 Å². The van der Waals surface area contributed by atoms with E-state index in [0.29, 0.717) is 0 Å². The predicted molar refractivity (Wildman–Crippen MR) is 342 cm³/mol. The fourth-order valence-corrected chi connectivity index (χ4v) is 8.57. The first kappa shape index (κ1) is 111. The van der Waals surface area contributed by atoms with Crippen LogP contribution in [0.2, 0.25) is 0 Å². The molecule has 0 saturated carbocycles. The highest BCUT2D eigenvalue weighted by Gasteiger charge is 2.43. The maximum Gasteiger partial charge on any atom is 0.111 e. The van der Waals surface area contributed by atoms with E-state index in [1.165, 1.54) is 7.11 Å². The molecule has 0 amide bonds. The molecule has 7 rings (SSSR count). The van der Waals surface area contributed by atoms with Crippen molar-refractivity contribution in [3.63, 3.8) is 0 Å². The minimum atomic E-state index is -1.22. The zero-order valence-electron chi connectivity index (χ0n) is 58.2. The van der Waals surface area contributed by atoms with Crippen LogP contribution in [0.25, 0.3) is 0 Å². The monoisotopic (exact) mass is 1400 g/mol. The molecule has 31 N–H and O–H groups in total. The molecule has 0 bridgehead atoms. The Morgan fingerprint density at radius 1 is 0.245 bits per heavy atom. The van der Waals surface area contributed by atoms with Gasteiger partial charge in [0, 0.05) is 36.7 Å². The smallest absolute Gasteiger partial charge is 0.111 e. The van der Waals surface area contributed by atoms with Crippen LogP contribution in [-0.4, -0.2) is 385 Å². The second-order valence-corrected chi connectivity index (χ2v) is 20.8. The maximum absolute atomic E-state index is 9.71. The fraction of sp³-hybridized carbons (Fsp3) is 1.00. The fourth-order valence-electron chi connectivity index (χ4n) is 8.57. The van der Waals surface area contributed by atoms with Crippen LogP contribution in [0.4, 0.5) is 0 Å². The molecule has 29 atom stereocenters. The first-order valence-electron chi connectivity index (χ1n) is 31.6. The number of hydrogen-bond acceptors (Lipinski definition) is 31. The molecular weight excluding hydrogens is 1270 g/mol. The average molecular weight is 1410 g/mol. The van der Waals surface area contributed by atoms with E-state index in [0.717, 1.165) is 0 Å². The summed E-state index contributed by atoms with van der Waals surface area (Å²) < 4.78 is 39.7. The molecule has 7 saturated heterocycles. The summed E-state index contributed by atoms with van der Waals surface area (Å²) in [6.45, 7) is 27.9. The molecule has 7 heterocycles. The van der Waals surface area contributed by atoms with E-state index < -0.39 is 146 Å². The quantitative estimate of drug-likeness (QED) is 0.102. The Morgan fingerprint density at radius 3 is 0.606 bits per heavy atom. The zero-order valence-corrected chi connectivity index (χ0v) is 58.2. The normalized spacial score (nSPS) is 39.0. The average Bonchev–Trinajstić information content (AvgIpc) is 0.878. The summed E-state index contributed by atoms with van der Waals surface area (Å²) in [4.78, 5) is 0. The first-order valence-corrected chi connectivity index (χ1v) is 31.6. The minimum absolute atomic E-state index is 0. The van der Waals surface area contributed by atoms with Crippen molar-refractivity contribution in [1.82, 2.24) is 0 Å². The van der Waals surface area contributed by atoms with Gasteiger partial charge in [-0.25, -0.2) is 0 Å². The molecule has 0 aromatic heterocycles. The van der Waals surface area contributed by atoms with E-state index in [-0.39, 0.29) is 144 Å². The number of ether oxygens (including phenoxy) is 8. The topological polar surface area (TPSA) is 665 Å². The number of hydrogen-bond donors (Lipinski definition) is 23. The molecule has 35 heteroatoms. The van der Waals surface area contributed by atoms with Crippen LogP contribution in [0.3, 0.4) is 0 Å². The van der Waals surface area contributed by atoms with Crippen molar-refractivity contribution < 1.29 is 177 Å². The highest BCUT2D eigenvalue weighted by atomic mass is 16.6. The highest BCUT2D eigenvalue weighted by molar-refractivity contribution is 4.91. The summed E-state index contributed by atoms with van der Waals surface area (Å²) in [7, 11) is 1.51. The van der Waals surface area contributed by atoms with Gasteiger partial charge in [-0.1, -0.05) is 104 Å². The lowest BCUT2D eigenvalue weighted by molar-refractivity contribution is -0.215. The molecule has 7 aliphatic rings. The van der Waals surface area contributed by atoms with Crippen LogP contribution in [0.5, 0.6) is 0 Å². The Kier molecular flexibility index (Phi) is 76.8. The van der Waals surface area contributed by atoms with Gasteiger partial charge in [-0.3, -0.25) is 0 Å². The predicted octanol–water partition coefficient (Wildman–Crippen LogP) is -9.56. The molecule has 0 aromatic carbocycles. The van der Waals surface area contributed by atoms with Gasteiger partial charge in [0.25, 0.3) is 0 Å². The van der Waals surface area contributed by atoms with Gasteiger partial charge in [0.1, 0.15) is 85.5 Å². The van der Waals surface area contributed by atoms with Crippen LogP contribution in [-0.2, 0) is 37.9 Å². The third kappa shape index (κ3) is 38.4. The molecule has 7 fully saturated rings. The largest absolute Gasteiger partial charge is 0.412 e. The lowest BCUT2D eigenvalue weighted by atomic mass is 9.88. The Balaban J connectivity index is -0.000000124. The van der Waals surface area contributed by atoms with Gasteiger partial charge in [0.15, 0.2) is 0 Å². The van der Waals surface area contributed by atoms with E-state index >= 15 is 0 Å². The van der Waals surface area contributed by atoms with Crippen molar-refractivity contribution >= 4 is 0 Å². The van der Waals surface area contributed by atoms with Crippen molar-refractivity contribution in [2.75, 3.05) is 99.6 Å². The van der Waals surface area contributed by atoms with E-state index in [2.05, 4.69) is 0 Å². The van der Waals surface area contributed by atoms with Crippen molar-refractivity contribution in [2.24, 2.45) is 29.6 Å². The van der Waals surface area contributed by atoms with Crippen LogP contribution < -0.4 is 0 Å². The lowest BCUT2D eigenvalue weighted by Gasteiger charge is -2.40. The summed E-state index contributed by atoms with van der Waals surface area (Å²) >= 11 is 0. The second-order valence-electron chi connectivity index (χ2n) is 20.8. The molecule has 35 nitrogen and oxygen atoms in total. The minimum Gasteiger partial charge on any atom is -0.412 e. The van der Waals surface area contributed by atoms with Gasteiger partial charge in [-0.15, -0.1) is 0 Å². The van der Waals surface area contributed by atoms with Crippen LogP contribution in [0, 0.1) is 29.6 Å². The Hall–Kier alpha value is -1.40. The number of rotatable bonds is 9. The van der Waals surface area contributed by atoms with Crippen molar-refractivity contribution in [1.29, 1.82) is 0 Å². The SMILES string of the molecule is CC.CC.CC.CC.CC.COC[C@@H]1OC(CO)C(O)[C@@H](C)C1O.C[C@@H]1C(O)C(CO)OC[C@H]1O.C[C@@H]1C(O)C(CO)OC[C@H]1O.C[C@@H]1C(O)C(CO)OC[C@H]1O.C[C@H]1C(O)COC(CO)C1O.O.O.O.O.OCC1OCC(O)[C@H](O)C1O.OCC1OC[C@@H](O)[C@H](O)C1O. The van der Waals surface area contributed by atoms with Crippen molar-refractivity contribution in [3.05, 3.63) is 0 Å². The summed E-state index contributed by atoms with van der Waals surface area (Å²) in [5.41, 5.74) is 0. The number of methoxy groups -OCH3 is 1. The Morgan fingerprint density at radius 2 is 0.415 bits per heavy atom. The number of aliphatic hydroxyl groups excluding tert-OH is 23. The van der Waals surface area contributed by atoms with E-state index in [1.54, 1.807) is 34.6 Å². The highest BCUT2D eigenvalue weighted by Crippen LogP contribution is 2.27. The van der Waals surface area contributed by atoms with E-state index in [1.807, 2.05) is 69.2 Å². The van der Waals surface area contributed by atoms with Gasteiger partial charge in [-0.05, 0) is 0 Å². The number of aliphatic hydroxyl groups is 23. The molecular formula is C59H136O35. The van der Waals surface area contributed by atoms with E-state index in [9.17, 15) is 51.1 Å². The molecule has 0 aliphatic carbocycles. The van der Waals surface area contributed by atoms with Crippen molar-refractivity contribution in [3.8, 4) is 0 Å². The van der Waals surface area contributed by atoms with Crippen LogP contribution >= 0.6 is 0 Å². The van der Waals surface area contributed by atoms with Gasteiger partial charge in [0.2, 0.25) is 0 Å². The van der Waals surface area contributed by atoms with Gasteiger partial charge < -0.3 is 177 Å². The summed E-state index contributed by atoms with van der Waals surface area (Å²) in [6, 6.07) is 0. The molecule has 0 spiro atoms. The standard InChI is InChI=1S/C9H18O5.4C7H14O4.2C6H12O5.5C2H6.4H2O/c1-5-8(11)6(3-10)14-7(4-13-2)9(5)12;4*1-4-5(9)3-11-6(2-8)7(4)10;2*7-1-4-6(10)5(9)3(8)2-11-4;5*1-2;;;;/h5-12H,3-4H2,1-2H3;4*4-10H,2-3H2,1H3;2*3-10H,1-2H2;5*1-2H3;4*1H2/t5-,6?,7+,8?,9?;4-,5?,6?,7?;3*4-,5+,6?,7?;3?,4?,5-,6?;3-,4?,5+,6?;;;;;;;;;/m1000001........./s1. The molecule has 17 unspecified atom stereocenters. The third-order valence-electron chi connectivity index (χ3n) is 15.0. The first-order chi connectivity index (χ1) is 42.6. The molecule has 7 aliphatic heterocycles. The van der Waals surface area contributed by atoms with E-state index in [4.69, 9.17) is 104 Å². The third-order valence-corrected chi connectivity index (χ3v) is 15.0. The van der Waals surface area contributed by atoms with Gasteiger partial charge in [0.05, 0.1) is 154 Å². The molecule has 0 radical (unpaired) electrons. The summed E-state index contributed by atoms with van der Waals surface area (Å²) in [5, 5.41) is 209. The molecule has 0 aromatic rings. The van der Waals surface area contributed by atoms with Gasteiger partial charge in [-0.2, -0.15) is 0 Å². The molecule has 582 valence electrons. The molecule has 94 heavy (non-hydrogen) atoms. The van der Waals surface area contributed by atoms with Crippen LogP contribution in [0.15, 0.2) is 0 Å². The maximum atomic E-state index is 9.71. The summed E-state index contributed by atoms with van der Waals surface area (Å²) in [5.74, 6) is -1.20. The second kappa shape index (κ2) is 64.9. The lowest BCUT2D eigenvalue weighted by Crippen LogP contribution is -2.55. The Bertz CT molecular complexity index is 1320. The summed E-state index contributed by atoms with van der Waals surface area (Å²) in [6.07, 6.45) is -18.9. The van der Waals surface area contributed by atoms with Crippen molar-refractivity contribution in [2.45, 2.75) is 250 Å².